The molecule has 26 heavy (non-hydrogen) atoms. The number of carboxylic acids is 1. The molecule has 2 amide bonds. The number of primary amides is 1. The van der Waals surface area contributed by atoms with Crippen LogP contribution in [0.5, 0.6) is 0 Å². The summed E-state index contributed by atoms with van der Waals surface area (Å²) >= 11 is 0. The lowest BCUT2D eigenvalue weighted by atomic mass is 9.81. The zero-order chi connectivity index (χ0) is 19.2. The van der Waals surface area contributed by atoms with Gasteiger partial charge in [-0.1, -0.05) is 38.5 Å². The fraction of sp³-hybridized carbons (Fsp3) is 0.850. The van der Waals surface area contributed by atoms with Gasteiger partial charge in [0.05, 0.1) is 0 Å². The lowest BCUT2D eigenvalue weighted by Crippen LogP contribution is -2.33. The van der Waals surface area contributed by atoms with E-state index in [1.807, 2.05) is 0 Å². The summed E-state index contributed by atoms with van der Waals surface area (Å²) in [6.07, 6.45) is 12.9. The number of nitrogens with two attached hydrogens (primary N) is 1. The molecule has 0 bridgehead atoms. The van der Waals surface area contributed by atoms with Gasteiger partial charge >= 0.3 is 5.97 Å². The second-order valence-corrected chi connectivity index (χ2v) is 7.65. The quantitative estimate of drug-likeness (QED) is 0.408. The van der Waals surface area contributed by atoms with Crippen LogP contribution >= 0.6 is 0 Å². The Morgan fingerprint density at radius 3 is 1.81 bits per heavy atom. The van der Waals surface area contributed by atoms with Crippen LogP contribution in [0, 0.1) is 11.8 Å². The first-order chi connectivity index (χ1) is 12.5. The van der Waals surface area contributed by atoms with E-state index in [9.17, 15) is 14.4 Å². The molecule has 1 fully saturated rings. The number of nitrogens with one attached hydrogen (secondary N) is 1. The van der Waals surface area contributed by atoms with Crippen molar-refractivity contribution < 1.29 is 19.5 Å². The van der Waals surface area contributed by atoms with Crippen LogP contribution in [0.25, 0.3) is 0 Å². The third kappa shape index (κ3) is 11.1. The molecule has 0 aromatic heterocycles. The topological polar surface area (TPSA) is 109 Å². The first-order valence-electron chi connectivity index (χ1n) is 10.3. The van der Waals surface area contributed by atoms with E-state index in [1.165, 1.54) is 0 Å². The van der Waals surface area contributed by atoms with E-state index < -0.39 is 5.97 Å². The van der Waals surface area contributed by atoms with Gasteiger partial charge < -0.3 is 16.2 Å². The normalized spacial score (nSPS) is 19.8. The van der Waals surface area contributed by atoms with Crippen molar-refractivity contribution in [2.24, 2.45) is 17.6 Å². The molecule has 4 N–H and O–H groups in total. The minimum atomic E-state index is -0.707. The van der Waals surface area contributed by atoms with Gasteiger partial charge in [-0.2, -0.15) is 0 Å². The predicted octanol–water partition coefficient (Wildman–Crippen LogP) is 3.38. The summed E-state index contributed by atoms with van der Waals surface area (Å²) < 4.78 is 0. The Morgan fingerprint density at radius 2 is 1.31 bits per heavy atom. The van der Waals surface area contributed by atoms with Crippen molar-refractivity contribution >= 4 is 17.8 Å². The first-order valence-corrected chi connectivity index (χ1v) is 10.3. The van der Waals surface area contributed by atoms with Gasteiger partial charge in [-0.25, -0.2) is 0 Å². The van der Waals surface area contributed by atoms with Crippen molar-refractivity contribution in [3.8, 4) is 0 Å². The Hall–Kier alpha value is -1.59. The van der Waals surface area contributed by atoms with Crippen molar-refractivity contribution in [2.75, 3.05) is 6.54 Å². The Balaban J connectivity index is 1.88. The SMILES string of the molecule is NC(=O)[C@H]1CC[C@@H](CNC(=O)CCCCCCCCCCC(=O)O)CC1. The van der Waals surface area contributed by atoms with Crippen LogP contribution in [0.1, 0.15) is 89.9 Å². The van der Waals surface area contributed by atoms with Crippen LogP contribution in [0.3, 0.4) is 0 Å². The number of carboxylic acid groups (broad SMARTS) is 1. The average molecular weight is 369 g/mol. The van der Waals surface area contributed by atoms with Crippen molar-refractivity contribution in [3.05, 3.63) is 0 Å². The number of amides is 2. The minimum Gasteiger partial charge on any atom is -0.481 e. The summed E-state index contributed by atoms with van der Waals surface area (Å²) in [5.74, 6) is -0.250. The Kier molecular flexibility index (Phi) is 11.7. The number of unbranched alkanes of at least 4 members (excludes halogenated alkanes) is 7. The summed E-state index contributed by atoms with van der Waals surface area (Å²) in [6.45, 7) is 0.723. The zero-order valence-corrected chi connectivity index (χ0v) is 16.0. The number of hydrogen-bond acceptors (Lipinski definition) is 3. The van der Waals surface area contributed by atoms with Crippen LogP contribution in [-0.2, 0) is 14.4 Å². The van der Waals surface area contributed by atoms with Crippen LogP contribution in [0.4, 0.5) is 0 Å². The standard InChI is InChI=1S/C20H36N2O4/c21-20(26)17-13-11-16(12-14-17)15-22-18(23)9-7-5-3-1-2-4-6-8-10-19(24)25/h16-17H,1-15H2,(H2,21,26)(H,22,23)(H,24,25)/t16-,17+. The molecule has 0 radical (unpaired) electrons. The summed E-state index contributed by atoms with van der Waals surface area (Å²) in [5.41, 5.74) is 5.34. The summed E-state index contributed by atoms with van der Waals surface area (Å²) in [5, 5.41) is 11.6. The molecular weight excluding hydrogens is 332 g/mol. The highest BCUT2D eigenvalue weighted by molar-refractivity contribution is 5.77. The molecule has 0 heterocycles. The van der Waals surface area contributed by atoms with Crippen LogP contribution in [0.15, 0.2) is 0 Å². The highest BCUT2D eigenvalue weighted by atomic mass is 16.4. The summed E-state index contributed by atoms with van der Waals surface area (Å²) in [6, 6.07) is 0. The smallest absolute Gasteiger partial charge is 0.303 e. The monoisotopic (exact) mass is 368 g/mol. The third-order valence-corrected chi connectivity index (χ3v) is 5.38. The van der Waals surface area contributed by atoms with E-state index in [-0.39, 0.29) is 24.2 Å². The van der Waals surface area contributed by atoms with E-state index in [4.69, 9.17) is 10.8 Å². The molecule has 1 saturated carbocycles. The van der Waals surface area contributed by atoms with Gasteiger partial charge in [-0.05, 0) is 44.4 Å². The van der Waals surface area contributed by atoms with E-state index in [2.05, 4.69) is 5.32 Å². The van der Waals surface area contributed by atoms with Crippen molar-refractivity contribution in [2.45, 2.75) is 89.9 Å². The molecule has 0 aromatic carbocycles. The highest BCUT2D eigenvalue weighted by Gasteiger charge is 2.24. The molecule has 0 aromatic rings. The molecule has 1 aliphatic carbocycles. The van der Waals surface area contributed by atoms with Gasteiger partial charge in [0.1, 0.15) is 0 Å². The lowest BCUT2D eigenvalue weighted by molar-refractivity contribution is -0.137. The second kappa shape index (κ2) is 13.6. The molecule has 6 nitrogen and oxygen atoms in total. The van der Waals surface area contributed by atoms with Gasteiger partial charge in [0, 0.05) is 25.3 Å². The average Bonchev–Trinajstić information content (AvgIpc) is 2.61. The van der Waals surface area contributed by atoms with Gasteiger partial charge in [-0.3, -0.25) is 14.4 Å². The fourth-order valence-electron chi connectivity index (χ4n) is 3.62. The lowest BCUT2D eigenvalue weighted by Gasteiger charge is -2.26. The molecular formula is C20H36N2O4. The number of rotatable bonds is 14. The summed E-state index contributed by atoms with van der Waals surface area (Å²) in [7, 11) is 0. The van der Waals surface area contributed by atoms with E-state index in [1.54, 1.807) is 0 Å². The number of aliphatic carboxylic acids is 1. The zero-order valence-electron chi connectivity index (χ0n) is 16.0. The van der Waals surface area contributed by atoms with Gasteiger partial charge in [0.25, 0.3) is 0 Å². The molecule has 6 heteroatoms. The Bertz CT molecular complexity index is 432. The molecule has 0 unspecified atom stereocenters. The van der Waals surface area contributed by atoms with Gasteiger partial charge in [-0.15, -0.1) is 0 Å². The maximum Gasteiger partial charge on any atom is 0.303 e. The van der Waals surface area contributed by atoms with Gasteiger partial charge in [0.2, 0.25) is 11.8 Å². The van der Waals surface area contributed by atoms with Crippen LogP contribution in [-0.4, -0.2) is 29.4 Å². The van der Waals surface area contributed by atoms with Crippen molar-refractivity contribution in [3.63, 3.8) is 0 Å². The third-order valence-electron chi connectivity index (χ3n) is 5.38. The van der Waals surface area contributed by atoms with Crippen LogP contribution < -0.4 is 11.1 Å². The fourth-order valence-corrected chi connectivity index (χ4v) is 3.62. The van der Waals surface area contributed by atoms with E-state index in [0.29, 0.717) is 12.3 Å². The molecule has 0 aliphatic heterocycles. The highest BCUT2D eigenvalue weighted by Crippen LogP contribution is 2.28. The predicted molar refractivity (Wildman–Crippen MR) is 101 cm³/mol. The van der Waals surface area contributed by atoms with E-state index in [0.717, 1.165) is 83.6 Å². The number of carbonyl (C=O) groups excluding carboxylic acids is 2. The van der Waals surface area contributed by atoms with Crippen LogP contribution in [0.2, 0.25) is 0 Å². The Morgan fingerprint density at radius 1 is 0.808 bits per heavy atom. The van der Waals surface area contributed by atoms with Crippen molar-refractivity contribution in [1.29, 1.82) is 0 Å². The maximum absolute atomic E-state index is 11.9. The molecule has 1 aliphatic rings. The molecule has 0 saturated heterocycles. The molecule has 1 rings (SSSR count). The molecule has 0 atom stereocenters. The molecule has 150 valence electrons. The largest absolute Gasteiger partial charge is 0.481 e. The number of hydrogen-bond donors (Lipinski definition) is 3. The first kappa shape index (κ1) is 22.5. The minimum absolute atomic E-state index is 0.0270. The summed E-state index contributed by atoms with van der Waals surface area (Å²) in [4.78, 5) is 33.4. The number of carbonyl (C=O) groups is 3. The second-order valence-electron chi connectivity index (χ2n) is 7.65. The Labute approximate surface area is 157 Å². The van der Waals surface area contributed by atoms with E-state index >= 15 is 0 Å². The maximum atomic E-state index is 11.9. The van der Waals surface area contributed by atoms with Gasteiger partial charge in [0.15, 0.2) is 0 Å². The van der Waals surface area contributed by atoms with Crippen molar-refractivity contribution in [1.82, 2.24) is 5.32 Å². The molecule has 0 spiro atoms.